The molecule has 0 radical (unpaired) electrons. The van der Waals surface area contributed by atoms with Crippen molar-refractivity contribution in [3.63, 3.8) is 0 Å². The SMILES string of the molecule is CCOCn1ccc(C(O)CC)c1. The van der Waals surface area contributed by atoms with Gasteiger partial charge in [0.15, 0.2) is 0 Å². The van der Waals surface area contributed by atoms with Crippen molar-refractivity contribution in [2.24, 2.45) is 0 Å². The molecular weight excluding hydrogens is 166 g/mol. The molecule has 1 heterocycles. The molecule has 74 valence electrons. The van der Waals surface area contributed by atoms with E-state index in [1.165, 1.54) is 0 Å². The van der Waals surface area contributed by atoms with E-state index in [4.69, 9.17) is 4.74 Å². The van der Waals surface area contributed by atoms with E-state index < -0.39 is 0 Å². The first kappa shape index (κ1) is 10.3. The van der Waals surface area contributed by atoms with Crippen LogP contribution in [0.15, 0.2) is 18.5 Å². The van der Waals surface area contributed by atoms with Crippen molar-refractivity contribution < 1.29 is 9.84 Å². The monoisotopic (exact) mass is 183 g/mol. The van der Waals surface area contributed by atoms with Gasteiger partial charge in [0.05, 0.1) is 6.10 Å². The highest BCUT2D eigenvalue weighted by Gasteiger charge is 2.05. The minimum Gasteiger partial charge on any atom is -0.388 e. The van der Waals surface area contributed by atoms with Gasteiger partial charge in [-0.15, -0.1) is 0 Å². The van der Waals surface area contributed by atoms with Crippen LogP contribution in [0.2, 0.25) is 0 Å². The Bertz CT molecular complexity index is 245. The molecule has 0 spiro atoms. The number of ether oxygens (including phenoxy) is 1. The molecule has 1 aromatic rings. The molecule has 0 saturated carbocycles. The third kappa shape index (κ3) is 2.86. The number of hydrogen-bond acceptors (Lipinski definition) is 2. The van der Waals surface area contributed by atoms with E-state index in [9.17, 15) is 5.11 Å². The molecule has 1 aromatic heterocycles. The summed E-state index contributed by atoms with van der Waals surface area (Å²) in [5, 5.41) is 9.51. The van der Waals surface area contributed by atoms with E-state index in [0.717, 1.165) is 12.0 Å². The minimum atomic E-state index is -0.345. The van der Waals surface area contributed by atoms with Crippen LogP contribution in [-0.4, -0.2) is 16.3 Å². The van der Waals surface area contributed by atoms with Gasteiger partial charge in [0, 0.05) is 19.0 Å². The molecule has 13 heavy (non-hydrogen) atoms. The fraction of sp³-hybridized carbons (Fsp3) is 0.600. The predicted molar refractivity (Wildman–Crippen MR) is 51.3 cm³/mol. The van der Waals surface area contributed by atoms with Crippen molar-refractivity contribution in [2.75, 3.05) is 6.61 Å². The normalized spacial score (nSPS) is 13.2. The van der Waals surface area contributed by atoms with E-state index in [-0.39, 0.29) is 6.10 Å². The van der Waals surface area contributed by atoms with Gasteiger partial charge in [-0.05, 0) is 25.0 Å². The van der Waals surface area contributed by atoms with E-state index in [1.54, 1.807) is 0 Å². The maximum atomic E-state index is 9.51. The second kappa shape index (κ2) is 5.04. The number of aliphatic hydroxyl groups is 1. The summed E-state index contributed by atoms with van der Waals surface area (Å²) < 4.78 is 7.16. The highest BCUT2D eigenvalue weighted by atomic mass is 16.5. The van der Waals surface area contributed by atoms with Gasteiger partial charge in [-0.1, -0.05) is 6.92 Å². The first-order valence-corrected chi connectivity index (χ1v) is 4.69. The number of aromatic nitrogens is 1. The van der Waals surface area contributed by atoms with E-state index in [0.29, 0.717) is 13.3 Å². The Hall–Kier alpha value is -0.800. The van der Waals surface area contributed by atoms with Crippen LogP contribution in [0.3, 0.4) is 0 Å². The highest BCUT2D eigenvalue weighted by Crippen LogP contribution is 2.15. The number of rotatable bonds is 5. The van der Waals surface area contributed by atoms with E-state index in [1.807, 2.05) is 36.9 Å². The summed E-state index contributed by atoms with van der Waals surface area (Å²) in [4.78, 5) is 0. The van der Waals surface area contributed by atoms with Gasteiger partial charge in [0.2, 0.25) is 0 Å². The van der Waals surface area contributed by atoms with Crippen LogP contribution in [-0.2, 0) is 11.5 Å². The Balaban J connectivity index is 2.53. The Morgan fingerprint density at radius 3 is 2.92 bits per heavy atom. The Morgan fingerprint density at radius 2 is 2.31 bits per heavy atom. The quantitative estimate of drug-likeness (QED) is 0.756. The zero-order chi connectivity index (χ0) is 9.68. The van der Waals surface area contributed by atoms with Crippen LogP contribution >= 0.6 is 0 Å². The van der Waals surface area contributed by atoms with Crippen molar-refractivity contribution >= 4 is 0 Å². The second-order valence-electron chi connectivity index (χ2n) is 3.01. The second-order valence-corrected chi connectivity index (χ2v) is 3.01. The minimum absolute atomic E-state index is 0.345. The molecule has 1 atom stereocenters. The summed E-state index contributed by atoms with van der Waals surface area (Å²) in [5.41, 5.74) is 0.960. The van der Waals surface area contributed by atoms with Crippen LogP contribution in [0.1, 0.15) is 31.9 Å². The van der Waals surface area contributed by atoms with Gasteiger partial charge in [0.1, 0.15) is 6.73 Å². The number of hydrogen-bond donors (Lipinski definition) is 1. The van der Waals surface area contributed by atoms with Gasteiger partial charge < -0.3 is 14.4 Å². The van der Waals surface area contributed by atoms with Crippen molar-refractivity contribution in [1.82, 2.24) is 4.57 Å². The molecule has 0 amide bonds. The summed E-state index contributed by atoms with van der Waals surface area (Å²) in [6.45, 7) is 5.20. The van der Waals surface area contributed by atoms with Crippen molar-refractivity contribution in [3.05, 3.63) is 24.0 Å². The van der Waals surface area contributed by atoms with Crippen molar-refractivity contribution in [3.8, 4) is 0 Å². The Kier molecular flexibility index (Phi) is 3.99. The lowest BCUT2D eigenvalue weighted by Crippen LogP contribution is -1.99. The molecule has 0 saturated heterocycles. The predicted octanol–water partition coefficient (Wildman–Crippen LogP) is 1.93. The van der Waals surface area contributed by atoms with Gasteiger partial charge in [-0.25, -0.2) is 0 Å². The summed E-state index contributed by atoms with van der Waals surface area (Å²) in [7, 11) is 0. The largest absolute Gasteiger partial charge is 0.388 e. The fourth-order valence-electron chi connectivity index (χ4n) is 1.17. The van der Waals surface area contributed by atoms with Gasteiger partial charge in [-0.2, -0.15) is 0 Å². The summed E-state index contributed by atoms with van der Waals surface area (Å²) in [5.74, 6) is 0. The molecule has 0 aromatic carbocycles. The van der Waals surface area contributed by atoms with Gasteiger partial charge in [0.25, 0.3) is 0 Å². The lowest BCUT2D eigenvalue weighted by Gasteiger charge is -2.04. The zero-order valence-electron chi connectivity index (χ0n) is 8.23. The molecule has 0 aliphatic carbocycles. The standard InChI is InChI=1S/C10H17NO2/c1-3-10(12)9-5-6-11(7-9)8-13-4-2/h5-7,10,12H,3-4,8H2,1-2H3. The van der Waals surface area contributed by atoms with Crippen LogP contribution in [0.5, 0.6) is 0 Å². The fourth-order valence-corrected chi connectivity index (χ4v) is 1.17. The average molecular weight is 183 g/mol. The zero-order valence-corrected chi connectivity index (χ0v) is 8.23. The molecule has 0 fully saturated rings. The lowest BCUT2D eigenvalue weighted by molar-refractivity contribution is 0.0876. The van der Waals surface area contributed by atoms with Crippen LogP contribution in [0, 0.1) is 0 Å². The Labute approximate surface area is 78.9 Å². The average Bonchev–Trinajstić information content (AvgIpc) is 2.62. The maximum Gasteiger partial charge on any atom is 0.122 e. The summed E-state index contributed by atoms with van der Waals surface area (Å²) in [6, 6.07) is 1.92. The summed E-state index contributed by atoms with van der Waals surface area (Å²) in [6.07, 6.45) is 4.25. The molecule has 1 N–H and O–H groups in total. The topological polar surface area (TPSA) is 34.4 Å². The molecule has 3 nitrogen and oxygen atoms in total. The van der Waals surface area contributed by atoms with Crippen molar-refractivity contribution in [2.45, 2.75) is 33.1 Å². The van der Waals surface area contributed by atoms with Crippen LogP contribution in [0.4, 0.5) is 0 Å². The first-order chi connectivity index (χ1) is 6.27. The number of nitrogens with zero attached hydrogens (tertiary/aromatic N) is 1. The smallest absolute Gasteiger partial charge is 0.122 e. The van der Waals surface area contributed by atoms with Crippen LogP contribution in [0.25, 0.3) is 0 Å². The molecule has 0 bridgehead atoms. The highest BCUT2D eigenvalue weighted by molar-refractivity contribution is 5.12. The van der Waals surface area contributed by atoms with E-state index >= 15 is 0 Å². The third-order valence-electron chi connectivity index (χ3n) is 1.99. The molecule has 1 rings (SSSR count). The molecule has 0 aliphatic rings. The number of aliphatic hydroxyl groups excluding tert-OH is 1. The molecule has 0 aliphatic heterocycles. The van der Waals surface area contributed by atoms with Crippen LogP contribution < -0.4 is 0 Å². The summed E-state index contributed by atoms with van der Waals surface area (Å²) >= 11 is 0. The van der Waals surface area contributed by atoms with Gasteiger partial charge in [-0.3, -0.25) is 0 Å². The van der Waals surface area contributed by atoms with E-state index in [2.05, 4.69) is 0 Å². The molecule has 1 unspecified atom stereocenters. The first-order valence-electron chi connectivity index (χ1n) is 4.69. The third-order valence-corrected chi connectivity index (χ3v) is 1.99. The van der Waals surface area contributed by atoms with Gasteiger partial charge >= 0.3 is 0 Å². The maximum absolute atomic E-state index is 9.51. The molecular formula is C10H17NO2. The Morgan fingerprint density at radius 1 is 1.54 bits per heavy atom. The molecule has 3 heteroatoms. The van der Waals surface area contributed by atoms with Crippen molar-refractivity contribution in [1.29, 1.82) is 0 Å². The lowest BCUT2D eigenvalue weighted by atomic mass is 10.1.